The molecular weight excluding hydrogens is 224 g/mol. The third kappa shape index (κ3) is 3.33. The monoisotopic (exact) mass is 246 g/mol. The van der Waals surface area contributed by atoms with E-state index in [0.29, 0.717) is 12.3 Å². The van der Waals surface area contributed by atoms with Gasteiger partial charge in [-0.2, -0.15) is 0 Å². The molecule has 0 aromatic heterocycles. The van der Waals surface area contributed by atoms with Crippen LogP contribution >= 0.6 is 0 Å². The molecule has 1 aliphatic rings. The molecule has 2 rings (SSSR count). The van der Waals surface area contributed by atoms with Gasteiger partial charge in [-0.3, -0.25) is 4.79 Å². The molecular formula is C15H22N2O. The molecule has 1 aromatic carbocycles. The van der Waals surface area contributed by atoms with E-state index in [9.17, 15) is 4.79 Å². The standard InChI is InChI=1S/C15H22N2O/c1-11-5-3-6-12(2)15(11)17-14(18)9-13-7-4-8-16-10-13/h3,5-6,13,16H,4,7-10H2,1-2H3,(H,17,18). The van der Waals surface area contributed by atoms with Gasteiger partial charge in [0.25, 0.3) is 0 Å². The van der Waals surface area contributed by atoms with Crippen molar-refractivity contribution < 1.29 is 4.79 Å². The molecule has 1 fully saturated rings. The van der Waals surface area contributed by atoms with Crippen LogP contribution in [-0.2, 0) is 4.79 Å². The zero-order valence-corrected chi connectivity index (χ0v) is 11.3. The minimum atomic E-state index is 0.140. The Kier molecular flexibility index (Phi) is 4.37. The molecule has 0 saturated carbocycles. The van der Waals surface area contributed by atoms with Crippen molar-refractivity contribution in [2.45, 2.75) is 33.1 Å². The van der Waals surface area contributed by atoms with Gasteiger partial charge in [-0.25, -0.2) is 0 Å². The van der Waals surface area contributed by atoms with Crippen molar-refractivity contribution >= 4 is 11.6 Å². The van der Waals surface area contributed by atoms with Crippen LogP contribution < -0.4 is 10.6 Å². The minimum Gasteiger partial charge on any atom is -0.326 e. The van der Waals surface area contributed by atoms with Gasteiger partial charge < -0.3 is 10.6 Å². The number of carbonyl (C=O) groups excluding carboxylic acids is 1. The number of aryl methyl sites for hydroxylation is 2. The number of piperidine rings is 1. The van der Waals surface area contributed by atoms with Crippen LogP contribution in [0.4, 0.5) is 5.69 Å². The number of hydrogen-bond acceptors (Lipinski definition) is 2. The number of anilines is 1. The number of carbonyl (C=O) groups is 1. The number of rotatable bonds is 3. The third-order valence-electron chi connectivity index (χ3n) is 3.62. The lowest BCUT2D eigenvalue weighted by Gasteiger charge is -2.22. The van der Waals surface area contributed by atoms with E-state index in [1.807, 2.05) is 32.0 Å². The largest absolute Gasteiger partial charge is 0.326 e. The van der Waals surface area contributed by atoms with Crippen LogP contribution in [0.25, 0.3) is 0 Å². The van der Waals surface area contributed by atoms with Crippen LogP contribution in [0.5, 0.6) is 0 Å². The average molecular weight is 246 g/mol. The van der Waals surface area contributed by atoms with Gasteiger partial charge in [0.05, 0.1) is 0 Å². The van der Waals surface area contributed by atoms with E-state index in [1.165, 1.54) is 6.42 Å². The summed E-state index contributed by atoms with van der Waals surface area (Å²) >= 11 is 0. The maximum atomic E-state index is 12.0. The maximum Gasteiger partial charge on any atom is 0.224 e. The summed E-state index contributed by atoms with van der Waals surface area (Å²) in [5.41, 5.74) is 3.24. The van der Waals surface area contributed by atoms with Gasteiger partial charge in [-0.05, 0) is 56.8 Å². The third-order valence-corrected chi connectivity index (χ3v) is 3.62. The summed E-state index contributed by atoms with van der Waals surface area (Å²) in [4.78, 5) is 12.0. The van der Waals surface area contributed by atoms with Gasteiger partial charge in [0.1, 0.15) is 0 Å². The zero-order valence-electron chi connectivity index (χ0n) is 11.3. The highest BCUT2D eigenvalue weighted by Gasteiger charge is 2.17. The fraction of sp³-hybridized carbons (Fsp3) is 0.533. The van der Waals surface area contributed by atoms with Crippen LogP contribution in [0.1, 0.15) is 30.4 Å². The molecule has 2 N–H and O–H groups in total. The summed E-state index contributed by atoms with van der Waals surface area (Å²) in [6.07, 6.45) is 2.97. The summed E-state index contributed by atoms with van der Waals surface area (Å²) in [5, 5.41) is 6.41. The summed E-state index contributed by atoms with van der Waals surface area (Å²) in [5.74, 6) is 0.629. The normalized spacial score (nSPS) is 19.6. The van der Waals surface area contributed by atoms with Crippen molar-refractivity contribution in [1.29, 1.82) is 0 Å². The molecule has 0 bridgehead atoms. The Morgan fingerprint density at radius 3 is 2.72 bits per heavy atom. The number of benzene rings is 1. The summed E-state index contributed by atoms with van der Waals surface area (Å²) in [7, 11) is 0. The molecule has 3 heteroatoms. The van der Waals surface area contributed by atoms with Crippen LogP contribution in [0.3, 0.4) is 0 Å². The quantitative estimate of drug-likeness (QED) is 0.861. The molecule has 1 atom stereocenters. The van der Waals surface area contributed by atoms with Crippen LogP contribution in [-0.4, -0.2) is 19.0 Å². The fourth-order valence-corrected chi connectivity index (χ4v) is 2.56. The number of para-hydroxylation sites is 1. The molecule has 1 amide bonds. The first-order valence-corrected chi connectivity index (χ1v) is 6.73. The van der Waals surface area contributed by atoms with Crippen molar-refractivity contribution in [3.05, 3.63) is 29.3 Å². The summed E-state index contributed by atoms with van der Waals surface area (Å²) < 4.78 is 0. The van der Waals surface area contributed by atoms with E-state index in [2.05, 4.69) is 10.6 Å². The van der Waals surface area contributed by atoms with Gasteiger partial charge >= 0.3 is 0 Å². The fourth-order valence-electron chi connectivity index (χ4n) is 2.56. The Bertz CT molecular complexity index is 402. The second-order valence-electron chi connectivity index (χ2n) is 5.23. The molecule has 0 spiro atoms. The summed E-state index contributed by atoms with van der Waals surface area (Å²) in [6, 6.07) is 6.08. The van der Waals surface area contributed by atoms with Crippen LogP contribution in [0.2, 0.25) is 0 Å². The smallest absolute Gasteiger partial charge is 0.224 e. The van der Waals surface area contributed by atoms with Crippen molar-refractivity contribution in [3.63, 3.8) is 0 Å². The second-order valence-corrected chi connectivity index (χ2v) is 5.23. The minimum absolute atomic E-state index is 0.140. The lowest BCUT2D eigenvalue weighted by atomic mass is 9.96. The van der Waals surface area contributed by atoms with Crippen LogP contribution in [0, 0.1) is 19.8 Å². The van der Waals surface area contributed by atoms with E-state index in [-0.39, 0.29) is 5.91 Å². The van der Waals surface area contributed by atoms with Crippen molar-refractivity contribution in [1.82, 2.24) is 5.32 Å². The van der Waals surface area contributed by atoms with E-state index < -0.39 is 0 Å². The van der Waals surface area contributed by atoms with Gasteiger partial charge in [-0.1, -0.05) is 18.2 Å². The molecule has 3 nitrogen and oxygen atoms in total. The van der Waals surface area contributed by atoms with E-state index >= 15 is 0 Å². The topological polar surface area (TPSA) is 41.1 Å². The first-order valence-electron chi connectivity index (χ1n) is 6.73. The van der Waals surface area contributed by atoms with Gasteiger partial charge in [0, 0.05) is 12.1 Å². The molecule has 1 saturated heterocycles. The Morgan fingerprint density at radius 1 is 1.39 bits per heavy atom. The SMILES string of the molecule is Cc1cccc(C)c1NC(=O)CC1CCCNC1. The number of hydrogen-bond donors (Lipinski definition) is 2. The van der Waals surface area contributed by atoms with E-state index in [4.69, 9.17) is 0 Å². The zero-order chi connectivity index (χ0) is 13.0. The number of nitrogens with one attached hydrogen (secondary N) is 2. The molecule has 1 aliphatic heterocycles. The first kappa shape index (κ1) is 13.1. The Hall–Kier alpha value is -1.35. The molecule has 0 aliphatic carbocycles. The highest BCUT2D eigenvalue weighted by molar-refractivity contribution is 5.92. The number of amides is 1. The van der Waals surface area contributed by atoms with E-state index in [0.717, 1.165) is 36.3 Å². The highest BCUT2D eigenvalue weighted by atomic mass is 16.1. The van der Waals surface area contributed by atoms with Gasteiger partial charge in [0.2, 0.25) is 5.91 Å². The molecule has 98 valence electrons. The second kappa shape index (κ2) is 6.01. The van der Waals surface area contributed by atoms with Crippen LogP contribution in [0.15, 0.2) is 18.2 Å². The lowest BCUT2D eigenvalue weighted by Crippen LogP contribution is -2.32. The predicted octanol–water partition coefficient (Wildman–Crippen LogP) is 2.63. The average Bonchev–Trinajstić information content (AvgIpc) is 2.35. The van der Waals surface area contributed by atoms with Gasteiger partial charge in [0.15, 0.2) is 0 Å². The van der Waals surface area contributed by atoms with Gasteiger partial charge in [-0.15, -0.1) is 0 Å². The Balaban J connectivity index is 1.94. The predicted molar refractivity (Wildman–Crippen MR) is 74.8 cm³/mol. The maximum absolute atomic E-state index is 12.0. The Morgan fingerprint density at radius 2 is 2.11 bits per heavy atom. The summed E-state index contributed by atoms with van der Waals surface area (Å²) in [6.45, 7) is 6.13. The van der Waals surface area contributed by atoms with Crippen molar-refractivity contribution in [2.75, 3.05) is 18.4 Å². The van der Waals surface area contributed by atoms with Crippen molar-refractivity contribution in [2.24, 2.45) is 5.92 Å². The highest BCUT2D eigenvalue weighted by Crippen LogP contribution is 2.21. The Labute approximate surface area is 109 Å². The molecule has 0 radical (unpaired) electrons. The van der Waals surface area contributed by atoms with E-state index in [1.54, 1.807) is 0 Å². The lowest BCUT2D eigenvalue weighted by molar-refractivity contribution is -0.117. The molecule has 1 heterocycles. The molecule has 1 aromatic rings. The molecule has 1 unspecified atom stereocenters. The van der Waals surface area contributed by atoms with Crippen molar-refractivity contribution in [3.8, 4) is 0 Å². The molecule has 18 heavy (non-hydrogen) atoms. The first-order chi connectivity index (χ1) is 8.66.